The Hall–Kier alpha value is 1.84. The van der Waals surface area contributed by atoms with Crippen molar-refractivity contribution < 1.29 is 0 Å². The highest BCUT2D eigenvalue weighted by Crippen LogP contribution is 2.62. The van der Waals surface area contributed by atoms with Gasteiger partial charge in [-0.25, -0.2) is 0 Å². The minimum atomic E-state index is 0.0319. The highest BCUT2D eigenvalue weighted by molar-refractivity contribution is 7.85. The number of allylic oxidation sites excluding steroid dienone is 1. The van der Waals surface area contributed by atoms with Gasteiger partial charge >= 0.3 is 0 Å². The topological polar surface area (TPSA) is 0 Å². The molecule has 0 spiro atoms. The number of hydrogen-bond donors (Lipinski definition) is 6. The Kier molecular flexibility index (Phi) is 43.6. The molecule has 0 aliphatic heterocycles. The smallest absolute Gasteiger partial charge is 0.0408 e. The largest absolute Gasteiger partial charge is 0.179 e. The molecule has 0 bridgehead atoms. The minimum Gasteiger partial charge on any atom is -0.179 e. The second kappa shape index (κ2) is 43.7. The fraction of sp³-hybridized carbons (Fsp3) is 0.962. The van der Waals surface area contributed by atoms with E-state index in [9.17, 15) is 0 Å². The Bertz CT molecular complexity index is 880. The monoisotopic (exact) mass is 933 g/mol. The maximum atomic E-state index is 6.01. The lowest BCUT2D eigenvalue weighted by Gasteiger charge is -2.46. The van der Waals surface area contributed by atoms with Crippen molar-refractivity contribution in [2.45, 2.75) is 294 Å². The normalized spacial score (nSPS) is 16.6. The van der Waals surface area contributed by atoms with Gasteiger partial charge in [-0.3, -0.25) is 0 Å². The molecule has 0 aromatic carbocycles. The summed E-state index contributed by atoms with van der Waals surface area (Å²) in [6, 6.07) is 0. The molecule has 59 heavy (non-hydrogen) atoms. The zero-order valence-electron chi connectivity index (χ0n) is 39.3. The summed E-state index contributed by atoms with van der Waals surface area (Å²) in [6.45, 7) is 0. The lowest BCUT2D eigenvalue weighted by molar-refractivity contribution is 0.175. The first kappa shape index (κ1) is 58.9. The second-order valence-electron chi connectivity index (χ2n) is 19.3. The van der Waals surface area contributed by atoms with Crippen LogP contribution in [0.5, 0.6) is 0 Å². The van der Waals surface area contributed by atoms with Gasteiger partial charge in [-0.2, -0.15) is 63.1 Å². The number of hydrogen-bond acceptors (Lipinski definition) is 6. The van der Waals surface area contributed by atoms with Crippen LogP contribution in [-0.4, -0.2) is 27.8 Å². The molecule has 0 N–H and O–H groups in total. The van der Waals surface area contributed by atoms with Crippen molar-refractivity contribution in [3.63, 3.8) is 0 Å². The summed E-state index contributed by atoms with van der Waals surface area (Å²) in [7, 11) is 0. The van der Waals surface area contributed by atoms with Crippen LogP contribution in [0.25, 0.3) is 0 Å². The third-order valence-corrected chi connectivity index (χ3v) is 16.8. The van der Waals surface area contributed by atoms with E-state index in [1.807, 2.05) is 0 Å². The highest BCUT2D eigenvalue weighted by atomic mass is 32.1. The first-order chi connectivity index (χ1) is 29.0. The molecule has 0 radical (unpaired) electrons. The Balaban J connectivity index is 2.86. The average molecular weight is 934 g/mol. The summed E-state index contributed by atoms with van der Waals surface area (Å²) >= 11 is 29.0. The molecule has 0 aromatic heterocycles. The van der Waals surface area contributed by atoms with Gasteiger partial charge in [-0.05, 0) is 103 Å². The van der Waals surface area contributed by atoms with E-state index < -0.39 is 0 Å². The average Bonchev–Trinajstić information content (AvgIpc) is 3.44. The van der Waals surface area contributed by atoms with E-state index in [0.29, 0.717) is 5.41 Å². The highest BCUT2D eigenvalue weighted by Gasteiger charge is 2.54. The molecule has 0 fully saturated rings. The fourth-order valence-corrected chi connectivity index (χ4v) is 12.6. The molecule has 6 heteroatoms. The third-order valence-electron chi connectivity index (χ3n) is 14.1. The van der Waals surface area contributed by atoms with Crippen molar-refractivity contribution in [3.8, 4) is 0 Å². The van der Waals surface area contributed by atoms with E-state index in [1.165, 1.54) is 294 Å². The molecule has 0 nitrogen and oxygen atoms in total. The van der Waals surface area contributed by atoms with Crippen LogP contribution in [-0.2, 0) is 0 Å². The SMILES string of the molecule is SCCCCCCCCCCCCC1=C(S)CC(CCCCCCCCCCCCS)(CCCCCCCCCCCCS)C1(S)CCCCCCCCCCCCS. The summed E-state index contributed by atoms with van der Waals surface area (Å²) < 4.78 is 0.0319. The molecule has 1 unspecified atom stereocenters. The van der Waals surface area contributed by atoms with Crippen molar-refractivity contribution in [1.82, 2.24) is 0 Å². The maximum Gasteiger partial charge on any atom is 0.0408 e. The Morgan fingerprint density at radius 2 is 0.508 bits per heavy atom. The molecule has 0 saturated heterocycles. The molecule has 0 amide bonds. The first-order valence-corrected chi connectivity index (χ1v) is 30.0. The van der Waals surface area contributed by atoms with Gasteiger partial charge in [0, 0.05) is 4.75 Å². The summed E-state index contributed by atoms with van der Waals surface area (Å²) in [5, 5.41) is 0. The standard InChI is InChI=1S/C53H104S6/c54-45-37-29-21-13-5-1-9-17-25-33-41-50-51(58)49-52(42-34-26-18-10-2-6-14-22-30-38-46-55,43-35-27-19-11-3-7-15-23-31-39-47-56)53(50,59)44-36-28-20-12-4-8-16-24-32-40-48-57/h54-59H,1-49H2. The Morgan fingerprint density at radius 3 is 0.780 bits per heavy atom. The fourth-order valence-electron chi connectivity index (χ4n) is 10.3. The summed E-state index contributed by atoms with van der Waals surface area (Å²) in [4.78, 5) is 1.45. The van der Waals surface area contributed by atoms with Crippen LogP contribution in [0.2, 0.25) is 0 Å². The van der Waals surface area contributed by atoms with Crippen molar-refractivity contribution in [2.75, 3.05) is 23.0 Å². The molecular weight excluding hydrogens is 829 g/mol. The van der Waals surface area contributed by atoms with Crippen LogP contribution in [0.15, 0.2) is 10.5 Å². The molecule has 1 atom stereocenters. The van der Waals surface area contributed by atoms with E-state index in [-0.39, 0.29) is 4.75 Å². The lowest BCUT2D eigenvalue weighted by atomic mass is 9.65. The molecule has 352 valence electrons. The summed E-state index contributed by atoms with van der Waals surface area (Å²) in [5.41, 5.74) is 1.98. The molecule has 0 heterocycles. The van der Waals surface area contributed by atoms with E-state index in [4.69, 9.17) is 25.3 Å². The molecule has 1 aliphatic carbocycles. The predicted octanol–water partition coefficient (Wildman–Crippen LogP) is 20.1. The van der Waals surface area contributed by atoms with Crippen molar-refractivity contribution in [2.24, 2.45) is 5.41 Å². The van der Waals surface area contributed by atoms with Crippen LogP contribution in [0.3, 0.4) is 0 Å². The van der Waals surface area contributed by atoms with Crippen LogP contribution >= 0.6 is 75.8 Å². The number of rotatable bonds is 48. The Morgan fingerprint density at radius 1 is 0.288 bits per heavy atom. The number of thiol groups is 6. The number of unbranched alkanes of at least 4 members (excludes halogenated alkanes) is 36. The summed E-state index contributed by atoms with van der Waals surface area (Å²) in [5.74, 6) is 4.19. The van der Waals surface area contributed by atoms with Crippen LogP contribution < -0.4 is 0 Å². The van der Waals surface area contributed by atoms with Gasteiger partial charge in [-0.15, -0.1) is 12.6 Å². The zero-order valence-corrected chi connectivity index (χ0v) is 44.7. The van der Waals surface area contributed by atoms with Gasteiger partial charge in [0.15, 0.2) is 0 Å². The van der Waals surface area contributed by atoms with E-state index in [0.717, 1.165) is 23.0 Å². The van der Waals surface area contributed by atoms with E-state index in [1.54, 1.807) is 5.57 Å². The predicted molar refractivity (Wildman–Crippen MR) is 293 cm³/mol. The first-order valence-electron chi connectivity index (χ1n) is 26.6. The zero-order chi connectivity index (χ0) is 42.8. The molecular formula is C53H104S6. The van der Waals surface area contributed by atoms with Gasteiger partial charge in [0.2, 0.25) is 0 Å². The van der Waals surface area contributed by atoms with Gasteiger partial charge in [0.1, 0.15) is 0 Å². The van der Waals surface area contributed by atoms with Gasteiger partial charge in [-0.1, -0.05) is 225 Å². The summed E-state index contributed by atoms with van der Waals surface area (Å²) in [6.07, 6.45) is 62.0. The van der Waals surface area contributed by atoms with E-state index in [2.05, 4.69) is 50.5 Å². The van der Waals surface area contributed by atoms with Crippen molar-refractivity contribution in [3.05, 3.63) is 10.5 Å². The van der Waals surface area contributed by atoms with Gasteiger partial charge in [0.05, 0.1) is 0 Å². The second-order valence-corrected chi connectivity index (χ2v) is 22.4. The van der Waals surface area contributed by atoms with Crippen molar-refractivity contribution >= 4 is 75.8 Å². The minimum absolute atomic E-state index is 0.0319. The quantitative estimate of drug-likeness (QED) is 0.0254. The Labute approximate surface area is 405 Å². The van der Waals surface area contributed by atoms with Gasteiger partial charge < -0.3 is 0 Å². The van der Waals surface area contributed by atoms with E-state index >= 15 is 0 Å². The lowest BCUT2D eigenvalue weighted by Crippen LogP contribution is -2.42. The molecule has 0 saturated carbocycles. The molecule has 0 aromatic rings. The van der Waals surface area contributed by atoms with Crippen LogP contribution in [0, 0.1) is 5.41 Å². The van der Waals surface area contributed by atoms with Crippen LogP contribution in [0.1, 0.15) is 289 Å². The molecule has 1 aliphatic rings. The third kappa shape index (κ3) is 30.6. The van der Waals surface area contributed by atoms with Crippen LogP contribution in [0.4, 0.5) is 0 Å². The molecule has 1 rings (SSSR count). The van der Waals surface area contributed by atoms with Gasteiger partial charge in [0.25, 0.3) is 0 Å². The maximum absolute atomic E-state index is 6.01. The van der Waals surface area contributed by atoms with Crippen molar-refractivity contribution in [1.29, 1.82) is 0 Å².